The van der Waals surface area contributed by atoms with Crippen LogP contribution in [0.1, 0.15) is 51.3 Å². The molecule has 0 radical (unpaired) electrons. The minimum absolute atomic E-state index is 0.0525. The fourth-order valence-corrected chi connectivity index (χ4v) is 5.63. The zero-order valence-corrected chi connectivity index (χ0v) is 21.9. The van der Waals surface area contributed by atoms with E-state index in [4.69, 9.17) is 9.97 Å². The van der Waals surface area contributed by atoms with E-state index in [0.29, 0.717) is 5.52 Å². The summed E-state index contributed by atoms with van der Waals surface area (Å²) < 4.78 is 0. The van der Waals surface area contributed by atoms with Crippen molar-refractivity contribution in [2.45, 2.75) is 45.4 Å². The van der Waals surface area contributed by atoms with Gasteiger partial charge < -0.3 is 5.11 Å². The third kappa shape index (κ3) is 3.67. The molecule has 0 aliphatic carbocycles. The summed E-state index contributed by atoms with van der Waals surface area (Å²) in [4.78, 5) is 11.9. The predicted molar refractivity (Wildman–Crippen MR) is 152 cm³/mol. The number of phenolic OH excluding ortho intramolecular Hbond substituents is 1. The highest BCUT2D eigenvalue weighted by Crippen LogP contribution is 2.52. The van der Waals surface area contributed by atoms with Crippen LogP contribution in [0.2, 0.25) is 0 Å². The number of anilines is 3. The first-order chi connectivity index (χ1) is 17.7. The Kier molecular flexibility index (Phi) is 5.13. The van der Waals surface area contributed by atoms with Crippen molar-refractivity contribution in [2.75, 3.05) is 4.90 Å². The number of hydrogen-bond acceptors (Lipinski definition) is 4. The molecule has 1 aliphatic rings. The number of nitrogens with zero attached hydrogens (tertiary/aromatic N) is 3. The fraction of sp³-hybridized carbons (Fsp3) is 0.212. The van der Waals surface area contributed by atoms with E-state index < -0.39 is 0 Å². The quantitative estimate of drug-likeness (QED) is 0.273. The second-order valence-corrected chi connectivity index (χ2v) is 11.4. The highest BCUT2D eigenvalue weighted by Gasteiger charge is 2.37. The van der Waals surface area contributed by atoms with Crippen LogP contribution in [0.5, 0.6) is 5.75 Å². The monoisotopic (exact) mass is 485 g/mol. The fourth-order valence-electron chi connectivity index (χ4n) is 5.63. The Bertz CT molecular complexity index is 1650. The number of aromatic nitrogens is 2. The number of rotatable bonds is 2. The van der Waals surface area contributed by atoms with Gasteiger partial charge in [0.25, 0.3) is 0 Å². The van der Waals surface area contributed by atoms with Gasteiger partial charge >= 0.3 is 0 Å². The van der Waals surface area contributed by atoms with Crippen molar-refractivity contribution in [1.29, 1.82) is 0 Å². The van der Waals surface area contributed by atoms with E-state index in [9.17, 15) is 5.11 Å². The van der Waals surface area contributed by atoms with Crippen LogP contribution >= 0.6 is 0 Å². The maximum atomic E-state index is 10.7. The molecule has 0 saturated carbocycles. The topological polar surface area (TPSA) is 49.3 Å². The summed E-state index contributed by atoms with van der Waals surface area (Å²) in [5, 5.41) is 11.7. The largest absolute Gasteiger partial charge is 0.506 e. The smallest absolute Gasteiger partial charge is 0.141 e. The molecule has 184 valence electrons. The summed E-state index contributed by atoms with van der Waals surface area (Å²) in [6.45, 7) is 11.1. The van der Waals surface area contributed by atoms with E-state index in [1.807, 2.05) is 30.5 Å². The van der Waals surface area contributed by atoms with Crippen LogP contribution in [0, 0.1) is 0 Å². The molecule has 0 fully saturated rings. The van der Waals surface area contributed by atoms with E-state index in [2.05, 4.69) is 94.1 Å². The maximum Gasteiger partial charge on any atom is 0.141 e. The van der Waals surface area contributed by atoms with Crippen LogP contribution in [0.4, 0.5) is 17.2 Å². The number of pyridine rings is 2. The average molecular weight is 486 g/mol. The number of aromatic hydroxyl groups is 1. The summed E-state index contributed by atoms with van der Waals surface area (Å²) in [6.07, 6.45) is 1.84. The van der Waals surface area contributed by atoms with Gasteiger partial charge in [-0.25, -0.2) is 9.97 Å². The molecule has 5 aromatic rings. The van der Waals surface area contributed by atoms with E-state index >= 15 is 0 Å². The second kappa shape index (κ2) is 8.17. The molecule has 6 rings (SSSR count). The number of para-hydroxylation sites is 1. The predicted octanol–water partition coefficient (Wildman–Crippen LogP) is 8.41. The standard InChI is InChI=1S/C33H31N3O/c1-32(2,3)23-16-18-29(37)31-22(23)14-17-26(35-31)21-13-15-25-28(20-21)36(30-12-8-9-19-34-30)27-11-7-6-10-24(27)33(25,4)5/h6-20,37H,1-5H3. The van der Waals surface area contributed by atoms with E-state index in [0.717, 1.165) is 33.8 Å². The Morgan fingerprint density at radius 1 is 0.784 bits per heavy atom. The van der Waals surface area contributed by atoms with Gasteiger partial charge in [-0.15, -0.1) is 0 Å². The highest BCUT2D eigenvalue weighted by molar-refractivity contribution is 5.91. The molecule has 0 saturated heterocycles. The van der Waals surface area contributed by atoms with Gasteiger partial charge in [0, 0.05) is 22.6 Å². The van der Waals surface area contributed by atoms with Crippen molar-refractivity contribution in [2.24, 2.45) is 0 Å². The van der Waals surface area contributed by atoms with Crippen LogP contribution < -0.4 is 4.90 Å². The minimum Gasteiger partial charge on any atom is -0.506 e. The van der Waals surface area contributed by atoms with Gasteiger partial charge in [0.2, 0.25) is 0 Å². The van der Waals surface area contributed by atoms with Gasteiger partial charge in [-0.05, 0) is 58.5 Å². The molecule has 1 N–H and O–H groups in total. The Hall–Kier alpha value is -4.18. The van der Waals surface area contributed by atoms with Crippen molar-refractivity contribution >= 4 is 28.1 Å². The van der Waals surface area contributed by atoms with Crippen LogP contribution in [0.3, 0.4) is 0 Å². The molecule has 1 aliphatic heterocycles. The normalized spacial score (nSPS) is 14.4. The highest BCUT2D eigenvalue weighted by atomic mass is 16.3. The first-order valence-electron chi connectivity index (χ1n) is 12.7. The van der Waals surface area contributed by atoms with Crippen molar-refractivity contribution in [1.82, 2.24) is 9.97 Å². The molecule has 3 heterocycles. The molecular formula is C33H31N3O. The van der Waals surface area contributed by atoms with E-state index in [-0.39, 0.29) is 16.6 Å². The Morgan fingerprint density at radius 3 is 2.30 bits per heavy atom. The van der Waals surface area contributed by atoms with Crippen molar-refractivity contribution in [3.63, 3.8) is 0 Å². The van der Waals surface area contributed by atoms with Gasteiger partial charge in [0.15, 0.2) is 0 Å². The number of hydrogen-bond donors (Lipinski definition) is 1. The van der Waals surface area contributed by atoms with Crippen LogP contribution in [0.15, 0.2) is 91.1 Å². The summed E-state index contributed by atoms with van der Waals surface area (Å²) in [6, 6.07) is 29.1. The first-order valence-corrected chi connectivity index (χ1v) is 12.7. The van der Waals surface area contributed by atoms with Crippen LogP contribution in [0.25, 0.3) is 22.2 Å². The lowest BCUT2D eigenvalue weighted by atomic mass is 9.73. The van der Waals surface area contributed by atoms with Crippen molar-refractivity contribution in [3.8, 4) is 17.0 Å². The van der Waals surface area contributed by atoms with E-state index in [1.54, 1.807) is 6.07 Å². The molecule has 0 atom stereocenters. The molecule has 4 heteroatoms. The summed E-state index contributed by atoms with van der Waals surface area (Å²) >= 11 is 0. The van der Waals surface area contributed by atoms with Gasteiger partial charge in [0.1, 0.15) is 17.1 Å². The number of benzene rings is 3. The van der Waals surface area contributed by atoms with Crippen molar-refractivity contribution < 1.29 is 5.11 Å². The molecule has 0 spiro atoms. The molecule has 0 unspecified atom stereocenters. The van der Waals surface area contributed by atoms with Crippen LogP contribution in [-0.2, 0) is 10.8 Å². The molecule has 3 aromatic carbocycles. The van der Waals surface area contributed by atoms with Crippen LogP contribution in [-0.4, -0.2) is 15.1 Å². The second-order valence-electron chi connectivity index (χ2n) is 11.4. The third-order valence-corrected chi connectivity index (χ3v) is 7.55. The summed E-state index contributed by atoms with van der Waals surface area (Å²) in [7, 11) is 0. The van der Waals surface area contributed by atoms with Gasteiger partial charge in [-0.3, -0.25) is 4.90 Å². The molecule has 37 heavy (non-hydrogen) atoms. The maximum absolute atomic E-state index is 10.7. The van der Waals surface area contributed by atoms with Crippen molar-refractivity contribution in [3.05, 3.63) is 108 Å². The minimum atomic E-state index is -0.174. The first kappa shape index (κ1) is 23.2. The number of fused-ring (bicyclic) bond motifs is 3. The SMILES string of the molecule is CC(C)(C)c1ccc(O)c2nc(-c3ccc4c(c3)N(c3ccccn3)c3ccccc3C4(C)C)ccc12. The molecule has 0 bridgehead atoms. The van der Waals surface area contributed by atoms with Gasteiger partial charge in [-0.1, -0.05) is 83.1 Å². The lowest BCUT2D eigenvalue weighted by Crippen LogP contribution is -2.30. The third-order valence-electron chi connectivity index (χ3n) is 7.55. The molecule has 2 aromatic heterocycles. The molecule has 4 nitrogen and oxygen atoms in total. The average Bonchev–Trinajstić information content (AvgIpc) is 2.89. The molecule has 0 amide bonds. The summed E-state index contributed by atoms with van der Waals surface area (Å²) in [5.74, 6) is 1.08. The number of phenols is 1. The van der Waals surface area contributed by atoms with Gasteiger partial charge in [-0.2, -0.15) is 0 Å². The van der Waals surface area contributed by atoms with E-state index in [1.165, 1.54) is 16.7 Å². The molecular weight excluding hydrogens is 454 g/mol. The zero-order chi connectivity index (χ0) is 25.9. The zero-order valence-electron chi connectivity index (χ0n) is 21.9. The lowest BCUT2D eigenvalue weighted by molar-refractivity contribution is 0.479. The Morgan fingerprint density at radius 2 is 1.54 bits per heavy atom. The Balaban J connectivity index is 1.57. The van der Waals surface area contributed by atoms with Gasteiger partial charge in [0.05, 0.1) is 17.1 Å². The summed E-state index contributed by atoms with van der Waals surface area (Å²) in [5.41, 5.74) is 8.13. The Labute approximate surface area is 218 Å². The lowest BCUT2D eigenvalue weighted by Gasteiger charge is -2.41.